The van der Waals surface area contributed by atoms with Crippen molar-refractivity contribution < 1.29 is 0 Å². The molecule has 1 nitrogen and oxygen atoms in total. The topological polar surface area (TPSA) is 12.0 Å². The van der Waals surface area contributed by atoms with Gasteiger partial charge in [-0.1, -0.05) is 23.8 Å². The number of hydrogen-bond acceptors (Lipinski definition) is 1. The van der Waals surface area contributed by atoms with E-state index in [1.807, 2.05) is 0 Å². The molecule has 0 aliphatic carbocycles. The molecule has 60 valence electrons. The number of hydrogen-bond donors (Lipinski definition) is 1. The first-order valence-electron chi connectivity index (χ1n) is 4.43. The second-order valence-corrected chi connectivity index (χ2v) is 3.63. The van der Waals surface area contributed by atoms with Crippen LogP contribution in [-0.2, 0) is 0 Å². The van der Waals surface area contributed by atoms with Gasteiger partial charge in [0.1, 0.15) is 0 Å². The minimum Gasteiger partial charge on any atom is -0.307 e. The lowest BCUT2D eigenvalue weighted by Gasteiger charge is -2.26. The Kier molecular flexibility index (Phi) is 1.82. The Balaban J connectivity index is 2.17. The highest BCUT2D eigenvalue weighted by atomic mass is 15.0. The molecule has 11 heavy (non-hydrogen) atoms. The van der Waals surface area contributed by atoms with E-state index in [2.05, 4.69) is 30.5 Å². The quantitative estimate of drug-likeness (QED) is 0.519. The molecule has 1 heteroatoms. The van der Waals surface area contributed by atoms with Crippen molar-refractivity contribution in [3.05, 3.63) is 23.8 Å². The summed E-state index contributed by atoms with van der Waals surface area (Å²) in [6, 6.07) is 1.33. The predicted octanol–water partition coefficient (Wildman–Crippen LogP) is 2.01. The zero-order valence-electron chi connectivity index (χ0n) is 7.01. The third-order valence-corrected chi connectivity index (χ3v) is 2.48. The molecule has 2 bridgehead atoms. The van der Waals surface area contributed by atoms with Crippen molar-refractivity contribution in [2.45, 2.75) is 38.3 Å². The molecule has 0 saturated carbocycles. The molecule has 2 heterocycles. The van der Waals surface area contributed by atoms with Gasteiger partial charge in [-0.05, 0) is 26.2 Å². The molecule has 2 rings (SSSR count). The minimum absolute atomic E-state index is 0.618. The van der Waals surface area contributed by atoms with Gasteiger partial charge in [0.25, 0.3) is 0 Å². The standard InChI is InChI=1S/C10H15N/c1-8-6-9-4-2-3-5-10(7-8)11-9/h2-3,6,9-11H,4-5,7H2,1H3. The first-order chi connectivity index (χ1) is 5.34. The Morgan fingerprint density at radius 2 is 2.18 bits per heavy atom. The molecular formula is C10H15N. The Hall–Kier alpha value is -0.560. The average Bonchev–Trinajstić information content (AvgIpc) is 2.11. The summed E-state index contributed by atoms with van der Waals surface area (Å²) in [6.07, 6.45) is 10.6. The van der Waals surface area contributed by atoms with E-state index >= 15 is 0 Å². The lowest BCUT2D eigenvalue weighted by atomic mass is 9.98. The van der Waals surface area contributed by atoms with E-state index < -0.39 is 0 Å². The van der Waals surface area contributed by atoms with E-state index in [9.17, 15) is 0 Å². The molecule has 0 fully saturated rings. The summed E-state index contributed by atoms with van der Waals surface area (Å²) in [4.78, 5) is 0. The Morgan fingerprint density at radius 3 is 3.09 bits per heavy atom. The lowest BCUT2D eigenvalue weighted by Crippen LogP contribution is -2.39. The van der Waals surface area contributed by atoms with Gasteiger partial charge in [0, 0.05) is 12.1 Å². The third-order valence-electron chi connectivity index (χ3n) is 2.48. The molecule has 0 spiro atoms. The minimum atomic E-state index is 0.618. The van der Waals surface area contributed by atoms with Crippen molar-refractivity contribution in [2.75, 3.05) is 0 Å². The second kappa shape index (κ2) is 2.82. The zero-order valence-corrected chi connectivity index (χ0v) is 7.01. The molecule has 1 N–H and O–H groups in total. The highest BCUT2D eigenvalue weighted by Crippen LogP contribution is 2.20. The molecule has 0 aromatic carbocycles. The highest BCUT2D eigenvalue weighted by molar-refractivity contribution is 5.15. The Morgan fingerprint density at radius 1 is 1.36 bits per heavy atom. The van der Waals surface area contributed by atoms with Crippen LogP contribution < -0.4 is 5.32 Å². The van der Waals surface area contributed by atoms with Crippen molar-refractivity contribution in [2.24, 2.45) is 0 Å². The third kappa shape index (κ3) is 1.54. The largest absolute Gasteiger partial charge is 0.307 e. The number of nitrogens with one attached hydrogen (secondary N) is 1. The maximum absolute atomic E-state index is 3.61. The van der Waals surface area contributed by atoms with Crippen LogP contribution >= 0.6 is 0 Å². The summed E-state index contributed by atoms with van der Waals surface area (Å²) >= 11 is 0. The van der Waals surface area contributed by atoms with E-state index in [1.165, 1.54) is 19.3 Å². The van der Waals surface area contributed by atoms with Crippen LogP contribution in [0.4, 0.5) is 0 Å². The molecule has 0 aromatic rings. The average molecular weight is 149 g/mol. The number of rotatable bonds is 0. The van der Waals surface area contributed by atoms with Gasteiger partial charge < -0.3 is 5.32 Å². The fourth-order valence-electron chi connectivity index (χ4n) is 2.00. The molecule has 2 atom stereocenters. The summed E-state index contributed by atoms with van der Waals surface area (Å²) in [7, 11) is 0. The van der Waals surface area contributed by atoms with Gasteiger partial charge in [0.2, 0.25) is 0 Å². The van der Waals surface area contributed by atoms with Gasteiger partial charge in [-0.25, -0.2) is 0 Å². The van der Waals surface area contributed by atoms with Crippen LogP contribution in [0.1, 0.15) is 26.2 Å². The van der Waals surface area contributed by atoms with Crippen molar-refractivity contribution in [3.63, 3.8) is 0 Å². The second-order valence-electron chi connectivity index (χ2n) is 3.63. The first-order valence-corrected chi connectivity index (χ1v) is 4.43. The van der Waals surface area contributed by atoms with E-state index in [0.29, 0.717) is 12.1 Å². The van der Waals surface area contributed by atoms with E-state index in [4.69, 9.17) is 0 Å². The SMILES string of the molecule is CC1=CC2CC=CCC(C1)N2. The van der Waals surface area contributed by atoms with Crippen molar-refractivity contribution in [3.8, 4) is 0 Å². The van der Waals surface area contributed by atoms with Crippen molar-refractivity contribution >= 4 is 0 Å². The molecular weight excluding hydrogens is 134 g/mol. The van der Waals surface area contributed by atoms with Crippen molar-refractivity contribution in [1.82, 2.24) is 5.32 Å². The van der Waals surface area contributed by atoms with Gasteiger partial charge in [-0.3, -0.25) is 0 Å². The summed E-state index contributed by atoms with van der Waals surface area (Å²) in [5, 5.41) is 3.61. The van der Waals surface area contributed by atoms with E-state index in [0.717, 1.165) is 0 Å². The Labute approximate surface area is 68.2 Å². The lowest BCUT2D eigenvalue weighted by molar-refractivity contribution is 0.454. The first kappa shape index (κ1) is 7.11. The van der Waals surface area contributed by atoms with E-state index in [1.54, 1.807) is 5.57 Å². The fourth-order valence-corrected chi connectivity index (χ4v) is 2.00. The summed E-state index contributed by atoms with van der Waals surface area (Å²) in [5.74, 6) is 0. The normalized spacial score (nSPS) is 36.3. The van der Waals surface area contributed by atoms with Crippen LogP contribution in [0.15, 0.2) is 23.8 Å². The monoisotopic (exact) mass is 149 g/mol. The summed E-state index contributed by atoms with van der Waals surface area (Å²) < 4.78 is 0. The maximum Gasteiger partial charge on any atom is 0.0289 e. The van der Waals surface area contributed by atoms with Crippen LogP contribution in [0.5, 0.6) is 0 Å². The van der Waals surface area contributed by atoms with Crippen LogP contribution in [0.2, 0.25) is 0 Å². The number of fused-ring (bicyclic) bond motifs is 2. The van der Waals surface area contributed by atoms with Gasteiger partial charge >= 0.3 is 0 Å². The highest BCUT2D eigenvalue weighted by Gasteiger charge is 2.19. The van der Waals surface area contributed by atoms with Crippen LogP contribution in [-0.4, -0.2) is 12.1 Å². The summed E-state index contributed by atoms with van der Waals surface area (Å²) in [5.41, 5.74) is 1.56. The molecule has 0 radical (unpaired) electrons. The zero-order chi connectivity index (χ0) is 7.68. The predicted molar refractivity (Wildman–Crippen MR) is 47.5 cm³/mol. The summed E-state index contributed by atoms with van der Waals surface area (Å²) in [6.45, 7) is 2.24. The van der Waals surface area contributed by atoms with E-state index in [-0.39, 0.29) is 0 Å². The van der Waals surface area contributed by atoms with Crippen LogP contribution in [0.3, 0.4) is 0 Å². The molecule has 2 aliphatic rings. The molecule has 0 amide bonds. The van der Waals surface area contributed by atoms with Gasteiger partial charge in [-0.15, -0.1) is 0 Å². The Bertz CT molecular complexity index is 203. The van der Waals surface area contributed by atoms with Gasteiger partial charge in [0.15, 0.2) is 0 Å². The molecule has 0 aromatic heterocycles. The maximum atomic E-state index is 3.61. The smallest absolute Gasteiger partial charge is 0.0289 e. The molecule has 2 aliphatic heterocycles. The van der Waals surface area contributed by atoms with Gasteiger partial charge in [-0.2, -0.15) is 0 Å². The fraction of sp³-hybridized carbons (Fsp3) is 0.600. The van der Waals surface area contributed by atoms with Crippen molar-refractivity contribution in [1.29, 1.82) is 0 Å². The van der Waals surface area contributed by atoms with Crippen LogP contribution in [0.25, 0.3) is 0 Å². The van der Waals surface area contributed by atoms with Gasteiger partial charge in [0.05, 0.1) is 0 Å². The van der Waals surface area contributed by atoms with Crippen LogP contribution in [0, 0.1) is 0 Å². The molecule has 2 unspecified atom stereocenters. The molecule has 0 saturated heterocycles.